The lowest BCUT2D eigenvalue weighted by Gasteiger charge is -2.14. The Balaban J connectivity index is 1.85. The quantitative estimate of drug-likeness (QED) is 0.502. The van der Waals surface area contributed by atoms with Gasteiger partial charge in [-0.25, -0.2) is 0 Å². The zero-order valence-electron chi connectivity index (χ0n) is 12.2. The smallest absolute Gasteiger partial charge is 0.205 e. The average molecular weight is 353 g/mol. The molecule has 0 saturated heterocycles. The van der Waals surface area contributed by atoms with Crippen molar-refractivity contribution in [3.8, 4) is 0 Å². The summed E-state index contributed by atoms with van der Waals surface area (Å²) in [7, 11) is 0. The van der Waals surface area contributed by atoms with E-state index >= 15 is 0 Å². The van der Waals surface area contributed by atoms with Crippen LogP contribution in [-0.2, 0) is 0 Å². The summed E-state index contributed by atoms with van der Waals surface area (Å²) >= 11 is 7.14. The summed E-state index contributed by atoms with van der Waals surface area (Å²) in [4.78, 5) is 38.6. The Hall–Kier alpha value is -2.56. The van der Waals surface area contributed by atoms with Crippen LogP contribution in [-0.4, -0.2) is 17.3 Å². The fraction of sp³-hybridized carbons (Fsp3) is 0. The zero-order chi connectivity index (χ0) is 16.8. The maximum Gasteiger partial charge on any atom is 0.205 e. The van der Waals surface area contributed by atoms with Crippen LogP contribution in [0.2, 0.25) is 5.02 Å². The third-order valence-corrected chi connectivity index (χ3v) is 5.38. The van der Waals surface area contributed by atoms with E-state index in [1.807, 2.05) is 6.07 Å². The maximum absolute atomic E-state index is 12.7. The van der Waals surface area contributed by atoms with Crippen LogP contribution in [0, 0.1) is 0 Å². The minimum absolute atomic E-state index is 0.203. The predicted octanol–water partition coefficient (Wildman–Crippen LogP) is 4.41. The summed E-state index contributed by atoms with van der Waals surface area (Å²) in [6, 6.07) is 15.1. The predicted molar refractivity (Wildman–Crippen MR) is 92.5 cm³/mol. The van der Waals surface area contributed by atoms with E-state index in [2.05, 4.69) is 0 Å². The highest BCUT2D eigenvalue weighted by molar-refractivity contribution is 7.17. The largest absolute Gasteiger partial charge is 0.289 e. The Kier molecular flexibility index (Phi) is 3.44. The summed E-state index contributed by atoms with van der Waals surface area (Å²) in [5.41, 5.74) is 1.30. The van der Waals surface area contributed by atoms with E-state index < -0.39 is 0 Å². The first-order valence-electron chi connectivity index (χ1n) is 7.19. The minimum atomic E-state index is -0.303. The van der Waals surface area contributed by atoms with Crippen LogP contribution in [0.1, 0.15) is 46.4 Å². The molecule has 2 aromatic carbocycles. The van der Waals surface area contributed by atoms with Gasteiger partial charge in [0.1, 0.15) is 0 Å². The molecule has 1 aliphatic rings. The second kappa shape index (κ2) is 5.51. The average Bonchev–Trinajstić information content (AvgIpc) is 3.05. The number of rotatable bonds is 2. The molecule has 4 rings (SSSR count). The molecule has 0 aliphatic heterocycles. The molecule has 1 aromatic heterocycles. The van der Waals surface area contributed by atoms with E-state index in [0.29, 0.717) is 10.4 Å². The highest BCUT2D eigenvalue weighted by atomic mass is 35.5. The van der Waals surface area contributed by atoms with Crippen molar-refractivity contribution in [1.82, 2.24) is 0 Å². The second-order valence-corrected chi connectivity index (χ2v) is 6.83. The molecule has 0 amide bonds. The second-order valence-electron chi connectivity index (χ2n) is 5.37. The molecular formula is C19H9ClO3S. The van der Waals surface area contributed by atoms with Crippen molar-refractivity contribution >= 4 is 40.3 Å². The van der Waals surface area contributed by atoms with Gasteiger partial charge in [-0.15, -0.1) is 11.3 Å². The minimum Gasteiger partial charge on any atom is -0.289 e. The van der Waals surface area contributed by atoms with Crippen molar-refractivity contribution in [1.29, 1.82) is 0 Å². The highest BCUT2D eigenvalue weighted by Gasteiger charge is 2.34. The lowest BCUT2D eigenvalue weighted by molar-refractivity contribution is 0.0982. The first kappa shape index (κ1) is 15.0. The van der Waals surface area contributed by atoms with Gasteiger partial charge in [0.05, 0.1) is 20.3 Å². The summed E-state index contributed by atoms with van der Waals surface area (Å²) in [6.07, 6.45) is 0. The molecule has 3 nitrogen and oxygen atoms in total. The van der Waals surface area contributed by atoms with Crippen LogP contribution in [0.15, 0.2) is 54.6 Å². The SMILES string of the molecule is O=C(c1ccccc1)c1cc2c(s1)C(=O)c1c(Cl)cccc1C2=O. The molecule has 1 heterocycles. The lowest BCUT2D eigenvalue weighted by Crippen LogP contribution is -2.18. The molecular weight excluding hydrogens is 344 g/mol. The monoisotopic (exact) mass is 352 g/mol. The van der Waals surface area contributed by atoms with Crippen LogP contribution in [0.25, 0.3) is 0 Å². The third-order valence-electron chi connectivity index (χ3n) is 3.93. The number of thiophene rings is 1. The van der Waals surface area contributed by atoms with Crippen molar-refractivity contribution in [2.75, 3.05) is 0 Å². The van der Waals surface area contributed by atoms with Gasteiger partial charge in [0.25, 0.3) is 0 Å². The Labute approximate surface area is 146 Å². The number of ketones is 3. The third kappa shape index (κ3) is 2.15. The van der Waals surface area contributed by atoms with Crippen molar-refractivity contribution in [2.45, 2.75) is 0 Å². The van der Waals surface area contributed by atoms with E-state index in [1.54, 1.807) is 42.5 Å². The first-order valence-corrected chi connectivity index (χ1v) is 8.39. The number of carbonyl (C=O) groups is 3. The highest BCUT2D eigenvalue weighted by Crippen LogP contribution is 2.36. The molecule has 1 aliphatic carbocycles. The van der Waals surface area contributed by atoms with Crippen molar-refractivity contribution in [3.05, 3.63) is 91.6 Å². The summed E-state index contributed by atoms with van der Waals surface area (Å²) < 4.78 is 0. The number of hydrogen-bond donors (Lipinski definition) is 0. The Morgan fingerprint density at radius 2 is 1.62 bits per heavy atom. The molecule has 24 heavy (non-hydrogen) atoms. The van der Waals surface area contributed by atoms with Crippen LogP contribution < -0.4 is 0 Å². The maximum atomic E-state index is 12.7. The summed E-state index contributed by atoms with van der Waals surface area (Å²) in [5, 5.41) is 0.251. The van der Waals surface area contributed by atoms with Crippen molar-refractivity contribution < 1.29 is 14.4 Å². The molecule has 3 aromatic rings. The van der Waals surface area contributed by atoms with Gasteiger partial charge in [-0.05, 0) is 12.1 Å². The molecule has 5 heteroatoms. The summed E-state index contributed by atoms with van der Waals surface area (Å²) in [6.45, 7) is 0. The molecule has 0 atom stereocenters. The van der Waals surface area contributed by atoms with Gasteiger partial charge in [-0.3, -0.25) is 14.4 Å². The first-order chi connectivity index (χ1) is 11.6. The van der Waals surface area contributed by atoms with Crippen LogP contribution in [0.4, 0.5) is 0 Å². The van der Waals surface area contributed by atoms with Crippen molar-refractivity contribution in [2.24, 2.45) is 0 Å². The normalized spacial score (nSPS) is 12.7. The number of benzene rings is 2. The van der Waals surface area contributed by atoms with Gasteiger partial charge in [0.2, 0.25) is 11.6 Å². The van der Waals surface area contributed by atoms with Gasteiger partial charge in [-0.2, -0.15) is 0 Å². The lowest BCUT2D eigenvalue weighted by atomic mass is 9.89. The molecule has 0 radical (unpaired) electrons. The Morgan fingerprint density at radius 1 is 0.875 bits per heavy atom. The molecule has 0 saturated carbocycles. The van der Waals surface area contributed by atoms with Gasteiger partial charge in [0, 0.05) is 16.7 Å². The molecule has 0 unspecified atom stereocenters. The van der Waals surface area contributed by atoms with Gasteiger partial charge in [0.15, 0.2) is 5.78 Å². The van der Waals surface area contributed by atoms with Gasteiger partial charge < -0.3 is 0 Å². The van der Waals surface area contributed by atoms with E-state index in [1.165, 1.54) is 6.07 Å². The Morgan fingerprint density at radius 3 is 2.38 bits per heavy atom. The number of halogens is 1. The summed E-state index contributed by atoms with van der Waals surface area (Å²) in [5.74, 6) is -0.779. The standard InChI is InChI=1S/C19H9ClO3S/c20-13-8-4-7-11-15(13)18(23)19-12(17(11)22)9-14(24-19)16(21)10-5-2-1-3-6-10/h1-9H. The van der Waals surface area contributed by atoms with Gasteiger partial charge in [-0.1, -0.05) is 54.1 Å². The van der Waals surface area contributed by atoms with E-state index in [9.17, 15) is 14.4 Å². The van der Waals surface area contributed by atoms with Crippen molar-refractivity contribution in [3.63, 3.8) is 0 Å². The van der Waals surface area contributed by atoms with Crippen LogP contribution >= 0.6 is 22.9 Å². The fourth-order valence-electron chi connectivity index (χ4n) is 2.77. The van der Waals surface area contributed by atoms with E-state index in [-0.39, 0.29) is 43.9 Å². The molecule has 0 fully saturated rings. The molecule has 0 spiro atoms. The zero-order valence-corrected chi connectivity index (χ0v) is 13.8. The number of carbonyl (C=O) groups excluding carboxylic acids is 3. The van der Waals surface area contributed by atoms with Crippen LogP contribution in [0.3, 0.4) is 0 Å². The molecule has 0 N–H and O–H groups in total. The fourth-order valence-corrected chi connectivity index (χ4v) is 4.10. The molecule has 0 bridgehead atoms. The number of fused-ring (bicyclic) bond motifs is 2. The Bertz CT molecular complexity index is 1020. The van der Waals surface area contributed by atoms with Crippen LogP contribution in [0.5, 0.6) is 0 Å². The van der Waals surface area contributed by atoms with E-state index in [4.69, 9.17) is 11.6 Å². The molecule has 116 valence electrons. The topological polar surface area (TPSA) is 51.2 Å². The van der Waals surface area contributed by atoms with E-state index in [0.717, 1.165) is 11.3 Å². The number of hydrogen-bond acceptors (Lipinski definition) is 4. The van der Waals surface area contributed by atoms with Gasteiger partial charge >= 0.3 is 0 Å².